The molecule has 0 aliphatic heterocycles. The van der Waals surface area contributed by atoms with Crippen LogP contribution >= 0.6 is 0 Å². The first-order valence-corrected chi connectivity index (χ1v) is 7.34. The molecule has 0 heterocycles. The van der Waals surface area contributed by atoms with Crippen LogP contribution in [0.5, 0.6) is 0 Å². The number of nitrogens with two attached hydrogens (primary N) is 1. The van der Waals surface area contributed by atoms with Crippen LogP contribution in [0.1, 0.15) is 32.3 Å². The molecule has 0 bridgehead atoms. The summed E-state index contributed by atoms with van der Waals surface area (Å²) in [7, 11) is 0. The summed E-state index contributed by atoms with van der Waals surface area (Å²) in [5.74, 6) is 0.103. The van der Waals surface area contributed by atoms with Crippen LogP contribution in [0.15, 0.2) is 24.3 Å². The highest BCUT2D eigenvalue weighted by molar-refractivity contribution is 5.76. The fourth-order valence-corrected chi connectivity index (χ4v) is 2.18. The van der Waals surface area contributed by atoms with Gasteiger partial charge in [-0.25, -0.2) is 0 Å². The molecular weight excluding hydrogens is 250 g/mol. The van der Waals surface area contributed by atoms with E-state index >= 15 is 0 Å². The summed E-state index contributed by atoms with van der Waals surface area (Å²) in [5, 5.41) is 2.93. The van der Waals surface area contributed by atoms with Crippen LogP contribution in [0.25, 0.3) is 0 Å². The minimum Gasteiger partial charge on any atom is -0.371 e. The molecule has 0 atom stereocenters. The molecule has 4 heteroatoms. The fraction of sp³-hybridized carbons (Fsp3) is 0.562. The zero-order valence-corrected chi connectivity index (χ0v) is 12.9. The third-order valence-electron chi connectivity index (χ3n) is 3.15. The second-order valence-electron chi connectivity index (χ2n) is 5.39. The van der Waals surface area contributed by atoms with Crippen molar-refractivity contribution in [2.24, 2.45) is 5.73 Å². The molecule has 0 fully saturated rings. The van der Waals surface area contributed by atoms with Crippen LogP contribution in [-0.2, 0) is 4.79 Å². The van der Waals surface area contributed by atoms with Crippen LogP contribution in [0.3, 0.4) is 0 Å². The maximum Gasteiger partial charge on any atom is 0.221 e. The average molecular weight is 277 g/mol. The lowest BCUT2D eigenvalue weighted by Crippen LogP contribution is -2.35. The molecule has 1 aromatic rings. The van der Waals surface area contributed by atoms with Gasteiger partial charge in [0.25, 0.3) is 0 Å². The molecule has 0 aliphatic rings. The van der Waals surface area contributed by atoms with Crippen molar-refractivity contribution in [2.75, 3.05) is 24.5 Å². The molecule has 0 radical (unpaired) electrons. The van der Waals surface area contributed by atoms with E-state index in [1.54, 1.807) is 0 Å². The van der Waals surface area contributed by atoms with Gasteiger partial charge in [-0.05, 0) is 45.4 Å². The molecule has 0 saturated carbocycles. The van der Waals surface area contributed by atoms with Gasteiger partial charge in [-0.2, -0.15) is 0 Å². The molecule has 1 aromatic carbocycles. The largest absolute Gasteiger partial charge is 0.371 e. The Balaban J connectivity index is 2.65. The Kier molecular flexibility index (Phi) is 7.09. The van der Waals surface area contributed by atoms with Gasteiger partial charge in [0.1, 0.15) is 0 Å². The third-order valence-corrected chi connectivity index (χ3v) is 3.15. The summed E-state index contributed by atoms with van der Waals surface area (Å²) in [6, 6.07) is 8.46. The van der Waals surface area contributed by atoms with E-state index < -0.39 is 0 Å². The molecule has 0 saturated heterocycles. The topological polar surface area (TPSA) is 58.4 Å². The van der Waals surface area contributed by atoms with Crippen molar-refractivity contribution in [2.45, 2.75) is 39.7 Å². The summed E-state index contributed by atoms with van der Waals surface area (Å²) < 4.78 is 0. The number of aryl methyl sites for hydroxylation is 1. The highest BCUT2D eigenvalue weighted by atomic mass is 16.1. The molecule has 0 unspecified atom stereocenters. The first-order valence-electron chi connectivity index (χ1n) is 7.34. The Morgan fingerprint density at radius 2 is 2.00 bits per heavy atom. The first kappa shape index (κ1) is 16.5. The molecule has 0 aliphatic carbocycles. The number of nitrogens with zero attached hydrogens (tertiary/aromatic N) is 1. The number of amides is 1. The molecule has 4 nitrogen and oxygen atoms in total. The van der Waals surface area contributed by atoms with E-state index in [2.05, 4.69) is 29.3 Å². The van der Waals surface area contributed by atoms with E-state index in [1.165, 1.54) is 11.3 Å². The Bertz CT molecular complexity index is 418. The van der Waals surface area contributed by atoms with E-state index in [-0.39, 0.29) is 11.9 Å². The number of anilines is 1. The van der Waals surface area contributed by atoms with Gasteiger partial charge in [0, 0.05) is 31.2 Å². The van der Waals surface area contributed by atoms with Gasteiger partial charge >= 0.3 is 0 Å². The number of carbonyl (C=O) groups excluding carboxylic acids is 1. The van der Waals surface area contributed by atoms with Crippen molar-refractivity contribution in [3.8, 4) is 0 Å². The van der Waals surface area contributed by atoms with Gasteiger partial charge < -0.3 is 16.0 Å². The molecule has 1 amide bonds. The van der Waals surface area contributed by atoms with E-state index in [0.29, 0.717) is 13.0 Å². The second-order valence-corrected chi connectivity index (χ2v) is 5.39. The quantitative estimate of drug-likeness (QED) is 0.765. The van der Waals surface area contributed by atoms with Crippen molar-refractivity contribution in [3.05, 3.63) is 29.8 Å². The maximum absolute atomic E-state index is 11.8. The first-order chi connectivity index (χ1) is 9.54. The number of hydrogen-bond donors (Lipinski definition) is 2. The zero-order chi connectivity index (χ0) is 15.0. The van der Waals surface area contributed by atoms with Gasteiger partial charge in [-0.1, -0.05) is 18.2 Å². The van der Waals surface area contributed by atoms with E-state index in [1.807, 2.05) is 26.0 Å². The van der Waals surface area contributed by atoms with Gasteiger partial charge in [0.05, 0.1) is 0 Å². The zero-order valence-electron chi connectivity index (χ0n) is 12.9. The molecule has 3 N–H and O–H groups in total. The Morgan fingerprint density at radius 1 is 1.30 bits per heavy atom. The van der Waals surface area contributed by atoms with Crippen LogP contribution in [0.2, 0.25) is 0 Å². The molecule has 112 valence electrons. The predicted octanol–water partition coefficient (Wildman–Crippen LogP) is 2.06. The third kappa shape index (κ3) is 5.61. The smallest absolute Gasteiger partial charge is 0.221 e. The SMILES string of the molecule is Cc1ccccc1N(CCCN)CCC(=O)NC(C)C. The highest BCUT2D eigenvalue weighted by Gasteiger charge is 2.11. The van der Waals surface area contributed by atoms with Crippen molar-refractivity contribution >= 4 is 11.6 Å². The molecule has 20 heavy (non-hydrogen) atoms. The summed E-state index contributed by atoms with van der Waals surface area (Å²) >= 11 is 0. The van der Waals surface area contributed by atoms with Gasteiger partial charge in [0.2, 0.25) is 5.91 Å². The van der Waals surface area contributed by atoms with Crippen molar-refractivity contribution in [1.29, 1.82) is 0 Å². The monoisotopic (exact) mass is 277 g/mol. The number of nitrogens with one attached hydrogen (secondary N) is 1. The van der Waals surface area contributed by atoms with Gasteiger partial charge in [-0.3, -0.25) is 4.79 Å². The highest BCUT2D eigenvalue weighted by Crippen LogP contribution is 2.19. The number of carbonyl (C=O) groups is 1. The molecule has 0 spiro atoms. The van der Waals surface area contributed by atoms with E-state index in [9.17, 15) is 4.79 Å². The maximum atomic E-state index is 11.8. The number of rotatable bonds is 8. The van der Waals surface area contributed by atoms with Gasteiger partial charge in [-0.15, -0.1) is 0 Å². The predicted molar refractivity (Wildman–Crippen MR) is 85.0 cm³/mol. The Morgan fingerprint density at radius 3 is 2.60 bits per heavy atom. The lowest BCUT2D eigenvalue weighted by atomic mass is 10.1. The number of hydrogen-bond acceptors (Lipinski definition) is 3. The fourth-order valence-electron chi connectivity index (χ4n) is 2.18. The Labute approximate surface area is 122 Å². The van der Waals surface area contributed by atoms with Crippen LogP contribution in [-0.4, -0.2) is 31.6 Å². The summed E-state index contributed by atoms with van der Waals surface area (Å²) in [6.07, 6.45) is 1.44. The minimum absolute atomic E-state index is 0.103. The number of benzene rings is 1. The molecule has 1 rings (SSSR count). The van der Waals surface area contributed by atoms with Crippen LogP contribution < -0.4 is 16.0 Å². The minimum atomic E-state index is 0.103. The van der Waals surface area contributed by atoms with Crippen molar-refractivity contribution < 1.29 is 4.79 Å². The van der Waals surface area contributed by atoms with E-state index in [4.69, 9.17) is 5.73 Å². The van der Waals surface area contributed by atoms with Crippen LogP contribution in [0, 0.1) is 6.92 Å². The molecule has 0 aromatic heterocycles. The van der Waals surface area contributed by atoms with Crippen molar-refractivity contribution in [3.63, 3.8) is 0 Å². The van der Waals surface area contributed by atoms with Crippen molar-refractivity contribution in [1.82, 2.24) is 5.32 Å². The summed E-state index contributed by atoms with van der Waals surface area (Å²) in [5.41, 5.74) is 8.03. The standard InChI is InChI=1S/C16H27N3O/c1-13(2)18-16(20)9-12-19(11-6-10-17)15-8-5-4-7-14(15)3/h4-5,7-8,13H,6,9-12,17H2,1-3H3,(H,18,20). The van der Waals surface area contributed by atoms with E-state index in [0.717, 1.165) is 19.5 Å². The average Bonchev–Trinajstić information content (AvgIpc) is 2.39. The summed E-state index contributed by atoms with van der Waals surface area (Å²) in [4.78, 5) is 14.0. The lowest BCUT2D eigenvalue weighted by molar-refractivity contribution is -0.121. The van der Waals surface area contributed by atoms with Crippen LogP contribution in [0.4, 0.5) is 5.69 Å². The lowest BCUT2D eigenvalue weighted by Gasteiger charge is -2.26. The normalized spacial score (nSPS) is 10.7. The number of para-hydroxylation sites is 1. The Hall–Kier alpha value is -1.55. The molecular formula is C16H27N3O. The summed E-state index contributed by atoms with van der Waals surface area (Å²) in [6.45, 7) is 8.33. The second kappa shape index (κ2) is 8.59. The van der Waals surface area contributed by atoms with Gasteiger partial charge in [0.15, 0.2) is 0 Å².